The van der Waals surface area contributed by atoms with Crippen LogP contribution in [0.2, 0.25) is 0 Å². The Labute approximate surface area is 163 Å². The molecule has 5 heteroatoms. The van der Waals surface area contributed by atoms with Crippen molar-refractivity contribution in [1.82, 2.24) is 14.7 Å². The maximum atomic E-state index is 12.9. The molecule has 0 radical (unpaired) electrons. The van der Waals surface area contributed by atoms with Gasteiger partial charge >= 0.3 is 0 Å². The van der Waals surface area contributed by atoms with Crippen LogP contribution in [0.15, 0.2) is 30.3 Å². The maximum Gasteiger partial charge on any atom is 0.237 e. The van der Waals surface area contributed by atoms with Crippen molar-refractivity contribution in [1.29, 1.82) is 0 Å². The highest BCUT2D eigenvalue weighted by Crippen LogP contribution is 2.28. The summed E-state index contributed by atoms with van der Waals surface area (Å²) < 4.78 is 5.41. The van der Waals surface area contributed by atoms with E-state index in [0.717, 1.165) is 58.9 Å². The minimum absolute atomic E-state index is 0.331. The fourth-order valence-electron chi connectivity index (χ4n) is 4.86. The highest BCUT2D eigenvalue weighted by atomic mass is 16.5. The third kappa shape index (κ3) is 5.09. The molecule has 1 aromatic rings. The number of morpholine rings is 1. The van der Waals surface area contributed by atoms with Gasteiger partial charge < -0.3 is 14.5 Å². The van der Waals surface area contributed by atoms with Crippen LogP contribution in [0.25, 0.3) is 0 Å². The van der Waals surface area contributed by atoms with E-state index in [2.05, 4.69) is 45.0 Å². The fourth-order valence-corrected chi connectivity index (χ4v) is 4.86. The lowest BCUT2D eigenvalue weighted by atomic mass is 9.95. The molecule has 0 spiro atoms. The normalized spacial score (nSPS) is 26.9. The predicted molar refractivity (Wildman–Crippen MR) is 107 cm³/mol. The number of ether oxygens (including phenoxy) is 1. The molecule has 2 atom stereocenters. The number of fused-ring (bicyclic) bond motifs is 4. The van der Waals surface area contributed by atoms with Crippen LogP contribution >= 0.6 is 0 Å². The van der Waals surface area contributed by atoms with Crippen LogP contribution in [0.4, 0.5) is 0 Å². The first kappa shape index (κ1) is 18.9. The summed E-state index contributed by atoms with van der Waals surface area (Å²) in [5.41, 5.74) is 1.43. The molecule has 1 aromatic carbocycles. The lowest BCUT2D eigenvalue weighted by Gasteiger charge is -2.38. The largest absolute Gasteiger partial charge is 0.379 e. The predicted octanol–water partition coefficient (Wildman–Crippen LogP) is 1.87. The van der Waals surface area contributed by atoms with E-state index in [4.69, 9.17) is 4.74 Å². The minimum atomic E-state index is 0.331. The zero-order valence-electron chi connectivity index (χ0n) is 16.4. The number of carbonyl (C=O) groups is 1. The average Bonchev–Trinajstić information content (AvgIpc) is 3.01. The zero-order chi connectivity index (χ0) is 18.5. The van der Waals surface area contributed by atoms with E-state index >= 15 is 0 Å². The van der Waals surface area contributed by atoms with Gasteiger partial charge in [0.1, 0.15) is 0 Å². The van der Waals surface area contributed by atoms with Crippen LogP contribution in [0.5, 0.6) is 0 Å². The molecule has 5 nitrogen and oxygen atoms in total. The number of rotatable bonds is 6. The Kier molecular flexibility index (Phi) is 6.43. The molecule has 5 rings (SSSR count). The molecule has 27 heavy (non-hydrogen) atoms. The second-order valence-electron chi connectivity index (χ2n) is 8.38. The molecule has 1 amide bonds. The standard InChI is InChI=1S/C22H33N3O2/c26-22(18-23-11-13-27-14-12-23)25-16-20-8-9-21(25)17-24(15-20)10-4-7-19-5-2-1-3-6-19/h1-3,5-6,20-21H,4,7-18H2/t20-,21+/m0/s1. The summed E-state index contributed by atoms with van der Waals surface area (Å²) in [5.74, 6) is 0.979. The topological polar surface area (TPSA) is 36.0 Å². The summed E-state index contributed by atoms with van der Waals surface area (Å²) in [4.78, 5) is 20.0. The molecule has 2 bridgehead atoms. The quantitative estimate of drug-likeness (QED) is 0.765. The van der Waals surface area contributed by atoms with Crippen molar-refractivity contribution in [3.8, 4) is 0 Å². The Morgan fingerprint density at radius 3 is 2.63 bits per heavy atom. The maximum absolute atomic E-state index is 12.9. The van der Waals surface area contributed by atoms with Gasteiger partial charge in [0.05, 0.1) is 19.8 Å². The molecule has 0 saturated carbocycles. The monoisotopic (exact) mass is 371 g/mol. The van der Waals surface area contributed by atoms with Gasteiger partial charge in [0, 0.05) is 38.8 Å². The number of aryl methyl sites for hydroxylation is 1. The van der Waals surface area contributed by atoms with Gasteiger partial charge in [-0.3, -0.25) is 9.69 Å². The Morgan fingerprint density at radius 1 is 1.00 bits per heavy atom. The van der Waals surface area contributed by atoms with Crippen molar-refractivity contribution < 1.29 is 9.53 Å². The third-order valence-corrected chi connectivity index (χ3v) is 6.35. The number of amides is 1. The van der Waals surface area contributed by atoms with E-state index in [1.807, 2.05) is 0 Å². The van der Waals surface area contributed by atoms with Gasteiger partial charge in [0.15, 0.2) is 0 Å². The molecule has 4 saturated heterocycles. The van der Waals surface area contributed by atoms with Crippen molar-refractivity contribution in [2.45, 2.75) is 31.7 Å². The summed E-state index contributed by atoms with van der Waals surface area (Å²) in [6.45, 7) is 8.19. The van der Waals surface area contributed by atoms with Crippen molar-refractivity contribution in [2.24, 2.45) is 5.92 Å². The van der Waals surface area contributed by atoms with Crippen LogP contribution in [-0.2, 0) is 16.0 Å². The Morgan fingerprint density at radius 2 is 1.81 bits per heavy atom. The number of hydrogen-bond donors (Lipinski definition) is 0. The number of carbonyl (C=O) groups excluding carboxylic acids is 1. The van der Waals surface area contributed by atoms with E-state index in [1.165, 1.54) is 24.8 Å². The van der Waals surface area contributed by atoms with Gasteiger partial charge in [-0.25, -0.2) is 0 Å². The number of nitrogens with zero attached hydrogens (tertiary/aromatic N) is 3. The van der Waals surface area contributed by atoms with Crippen molar-refractivity contribution >= 4 is 5.91 Å². The Bertz CT molecular complexity index is 603. The lowest BCUT2D eigenvalue weighted by Crippen LogP contribution is -2.52. The molecule has 0 N–H and O–H groups in total. The first-order valence-corrected chi connectivity index (χ1v) is 10.6. The molecule has 4 aliphatic heterocycles. The molecule has 0 aliphatic carbocycles. The van der Waals surface area contributed by atoms with Crippen LogP contribution in [0, 0.1) is 5.92 Å². The van der Waals surface area contributed by atoms with Gasteiger partial charge in [-0.15, -0.1) is 0 Å². The fraction of sp³-hybridized carbons (Fsp3) is 0.682. The van der Waals surface area contributed by atoms with Gasteiger partial charge in [-0.2, -0.15) is 0 Å². The van der Waals surface area contributed by atoms with Gasteiger partial charge in [-0.05, 0) is 43.7 Å². The molecule has 4 aliphatic rings. The first-order valence-electron chi connectivity index (χ1n) is 10.6. The van der Waals surface area contributed by atoms with Crippen molar-refractivity contribution in [2.75, 3.05) is 59.0 Å². The SMILES string of the molecule is O=C(CN1CCOCC1)N1C[C@H]2CC[C@@H]1CN(CCCc1ccccc1)C2. The summed E-state index contributed by atoms with van der Waals surface area (Å²) in [7, 11) is 0. The number of benzene rings is 1. The third-order valence-electron chi connectivity index (χ3n) is 6.35. The van der Waals surface area contributed by atoms with Crippen LogP contribution in [0.1, 0.15) is 24.8 Å². The average molecular weight is 372 g/mol. The van der Waals surface area contributed by atoms with Crippen molar-refractivity contribution in [3.63, 3.8) is 0 Å². The molecule has 4 heterocycles. The van der Waals surface area contributed by atoms with Gasteiger partial charge in [0.25, 0.3) is 0 Å². The summed E-state index contributed by atoms with van der Waals surface area (Å²) in [6.07, 6.45) is 4.80. The molecule has 0 aromatic heterocycles. The molecule has 4 fully saturated rings. The summed E-state index contributed by atoms with van der Waals surface area (Å²) in [6, 6.07) is 11.2. The number of piperidine rings is 1. The molecule has 0 unspecified atom stereocenters. The van der Waals surface area contributed by atoms with E-state index in [9.17, 15) is 4.79 Å². The highest BCUT2D eigenvalue weighted by molar-refractivity contribution is 5.78. The van der Waals surface area contributed by atoms with E-state index in [1.54, 1.807) is 0 Å². The smallest absolute Gasteiger partial charge is 0.237 e. The second kappa shape index (κ2) is 9.18. The molecular formula is C22H33N3O2. The van der Waals surface area contributed by atoms with Crippen LogP contribution in [0.3, 0.4) is 0 Å². The lowest BCUT2D eigenvalue weighted by molar-refractivity contribution is -0.137. The van der Waals surface area contributed by atoms with Gasteiger partial charge in [-0.1, -0.05) is 30.3 Å². The second-order valence-corrected chi connectivity index (χ2v) is 8.38. The Hall–Kier alpha value is -1.43. The number of hydrogen-bond acceptors (Lipinski definition) is 4. The van der Waals surface area contributed by atoms with E-state index in [0.29, 0.717) is 24.4 Å². The zero-order valence-corrected chi connectivity index (χ0v) is 16.4. The highest BCUT2D eigenvalue weighted by Gasteiger charge is 2.37. The van der Waals surface area contributed by atoms with Gasteiger partial charge in [0.2, 0.25) is 5.91 Å². The summed E-state index contributed by atoms with van der Waals surface area (Å²) >= 11 is 0. The minimum Gasteiger partial charge on any atom is -0.379 e. The Balaban J connectivity index is 1.28. The van der Waals surface area contributed by atoms with Crippen LogP contribution < -0.4 is 0 Å². The van der Waals surface area contributed by atoms with E-state index < -0.39 is 0 Å². The first-order chi connectivity index (χ1) is 13.3. The van der Waals surface area contributed by atoms with E-state index in [-0.39, 0.29) is 0 Å². The summed E-state index contributed by atoms with van der Waals surface area (Å²) in [5, 5.41) is 0. The van der Waals surface area contributed by atoms with Crippen molar-refractivity contribution in [3.05, 3.63) is 35.9 Å². The van der Waals surface area contributed by atoms with Crippen LogP contribution in [-0.4, -0.2) is 85.7 Å². The molecular weight excluding hydrogens is 338 g/mol. The molecule has 148 valence electrons.